The highest BCUT2D eigenvalue weighted by atomic mass is 35.5. The number of aryl methyl sites for hydroxylation is 1. The molecule has 0 spiro atoms. The molecule has 0 fully saturated rings. The molecule has 2 aromatic carbocycles. The number of pyridine rings is 1. The third kappa shape index (κ3) is 3.84. The lowest BCUT2D eigenvalue weighted by Crippen LogP contribution is -2.24. The second-order valence-electron chi connectivity index (χ2n) is 5.78. The summed E-state index contributed by atoms with van der Waals surface area (Å²) < 4.78 is 0. The molecule has 2 N–H and O–H groups in total. The number of fused-ring (bicyclic) bond motifs is 1. The molecule has 0 aliphatic rings. The van der Waals surface area contributed by atoms with E-state index in [0.29, 0.717) is 23.6 Å². The summed E-state index contributed by atoms with van der Waals surface area (Å²) in [5, 5.41) is 4.52. The predicted molar refractivity (Wildman–Crippen MR) is 96.3 cm³/mol. The number of rotatable bonds is 4. The quantitative estimate of drug-likeness (QED) is 0.765. The van der Waals surface area contributed by atoms with Crippen LogP contribution in [0.25, 0.3) is 10.9 Å². The molecule has 122 valence electrons. The predicted octanol–water partition coefficient (Wildman–Crippen LogP) is 3.35. The van der Waals surface area contributed by atoms with Crippen molar-refractivity contribution in [2.75, 3.05) is 0 Å². The van der Waals surface area contributed by atoms with E-state index in [-0.39, 0.29) is 11.5 Å². The van der Waals surface area contributed by atoms with Gasteiger partial charge in [-0.25, -0.2) is 0 Å². The molecule has 5 heteroatoms. The fourth-order valence-electron chi connectivity index (χ4n) is 2.53. The van der Waals surface area contributed by atoms with Crippen LogP contribution in [0.5, 0.6) is 0 Å². The number of carbonyl (C=O) groups excluding carboxylic acids is 1. The summed E-state index contributed by atoms with van der Waals surface area (Å²) in [6, 6.07) is 14.8. The van der Waals surface area contributed by atoms with Crippen molar-refractivity contribution < 1.29 is 4.79 Å². The monoisotopic (exact) mass is 340 g/mol. The van der Waals surface area contributed by atoms with Gasteiger partial charge in [0.25, 0.3) is 5.56 Å². The van der Waals surface area contributed by atoms with E-state index in [9.17, 15) is 9.59 Å². The van der Waals surface area contributed by atoms with Crippen LogP contribution in [0.2, 0.25) is 5.02 Å². The minimum atomic E-state index is -0.0773. The van der Waals surface area contributed by atoms with Crippen molar-refractivity contribution >= 4 is 28.4 Å². The van der Waals surface area contributed by atoms with Gasteiger partial charge in [0, 0.05) is 22.6 Å². The average molecular weight is 341 g/mol. The Kier molecular flexibility index (Phi) is 4.67. The van der Waals surface area contributed by atoms with Crippen LogP contribution in [0.15, 0.2) is 53.3 Å². The Bertz CT molecular complexity index is 946. The van der Waals surface area contributed by atoms with E-state index in [4.69, 9.17) is 11.6 Å². The Morgan fingerprint density at radius 1 is 1.08 bits per heavy atom. The largest absolute Gasteiger partial charge is 0.352 e. The summed E-state index contributed by atoms with van der Waals surface area (Å²) >= 11 is 5.84. The molecule has 1 aromatic heterocycles. The molecule has 4 nitrogen and oxygen atoms in total. The molecule has 3 rings (SSSR count). The summed E-state index contributed by atoms with van der Waals surface area (Å²) in [6.07, 6.45) is 0.317. The molecule has 0 unspecified atom stereocenters. The number of hydrogen-bond donors (Lipinski definition) is 2. The molecule has 24 heavy (non-hydrogen) atoms. The zero-order valence-corrected chi connectivity index (χ0v) is 14.0. The smallest absolute Gasteiger partial charge is 0.251 e. The lowest BCUT2D eigenvalue weighted by Gasteiger charge is -2.07. The first kappa shape index (κ1) is 16.3. The van der Waals surface area contributed by atoms with Gasteiger partial charge >= 0.3 is 0 Å². The molecule has 0 atom stereocenters. The maximum absolute atomic E-state index is 12.0. The Hall–Kier alpha value is -2.59. The van der Waals surface area contributed by atoms with Crippen molar-refractivity contribution in [1.29, 1.82) is 0 Å². The standard InChI is InChI=1S/C19H17ClN2O2/c1-12-8-15-9-14(4-7-17(15)22-19(12)24)11-21-18(23)10-13-2-5-16(20)6-3-13/h2-9H,10-11H2,1H3,(H,21,23)(H,22,24). The first-order valence-corrected chi connectivity index (χ1v) is 8.03. The number of nitrogens with one attached hydrogen (secondary N) is 2. The molecule has 0 saturated heterocycles. The van der Waals surface area contributed by atoms with Crippen molar-refractivity contribution in [3.05, 3.63) is 80.6 Å². The third-order valence-electron chi connectivity index (χ3n) is 3.86. The average Bonchev–Trinajstić information content (AvgIpc) is 2.56. The van der Waals surface area contributed by atoms with Crippen LogP contribution in [0.4, 0.5) is 0 Å². The van der Waals surface area contributed by atoms with Crippen molar-refractivity contribution in [3.8, 4) is 0 Å². The number of hydrogen-bond acceptors (Lipinski definition) is 2. The van der Waals surface area contributed by atoms with Crippen LogP contribution in [0.1, 0.15) is 16.7 Å². The summed E-state index contributed by atoms with van der Waals surface area (Å²) in [7, 11) is 0. The van der Waals surface area contributed by atoms with Gasteiger partial charge in [-0.05, 0) is 53.8 Å². The fourth-order valence-corrected chi connectivity index (χ4v) is 2.65. The lowest BCUT2D eigenvalue weighted by molar-refractivity contribution is -0.120. The number of aromatic amines is 1. The van der Waals surface area contributed by atoms with E-state index in [1.807, 2.05) is 36.4 Å². The zero-order chi connectivity index (χ0) is 17.1. The van der Waals surface area contributed by atoms with Crippen LogP contribution in [0, 0.1) is 6.92 Å². The first-order valence-electron chi connectivity index (χ1n) is 7.65. The van der Waals surface area contributed by atoms with Gasteiger partial charge in [0.1, 0.15) is 0 Å². The number of halogens is 1. The Morgan fingerprint density at radius 2 is 1.79 bits per heavy atom. The Balaban J connectivity index is 1.66. The molecule has 0 radical (unpaired) electrons. The highest BCUT2D eigenvalue weighted by molar-refractivity contribution is 6.30. The summed E-state index contributed by atoms with van der Waals surface area (Å²) in [5.74, 6) is -0.0462. The number of H-pyrrole nitrogens is 1. The second kappa shape index (κ2) is 6.89. The van der Waals surface area contributed by atoms with E-state index >= 15 is 0 Å². The second-order valence-corrected chi connectivity index (χ2v) is 6.22. The Labute approximate surface area is 144 Å². The van der Waals surface area contributed by atoms with Gasteiger partial charge in [0.15, 0.2) is 0 Å². The van der Waals surface area contributed by atoms with Gasteiger partial charge in [-0.2, -0.15) is 0 Å². The van der Waals surface area contributed by atoms with Crippen molar-refractivity contribution in [3.63, 3.8) is 0 Å². The van der Waals surface area contributed by atoms with Crippen LogP contribution in [-0.2, 0) is 17.8 Å². The molecule has 0 aliphatic carbocycles. The van der Waals surface area contributed by atoms with E-state index in [1.165, 1.54) is 0 Å². The van der Waals surface area contributed by atoms with Gasteiger partial charge in [-0.15, -0.1) is 0 Å². The summed E-state index contributed by atoms with van der Waals surface area (Å²) in [6.45, 7) is 2.22. The molecule has 0 aliphatic heterocycles. The first-order chi connectivity index (χ1) is 11.5. The van der Waals surface area contributed by atoms with Crippen LogP contribution in [-0.4, -0.2) is 10.9 Å². The fraction of sp³-hybridized carbons (Fsp3) is 0.158. The minimum Gasteiger partial charge on any atom is -0.352 e. The zero-order valence-electron chi connectivity index (χ0n) is 13.2. The lowest BCUT2D eigenvalue weighted by atomic mass is 10.1. The molecule has 1 heterocycles. The van der Waals surface area contributed by atoms with E-state index in [1.54, 1.807) is 19.1 Å². The van der Waals surface area contributed by atoms with Gasteiger partial charge in [0.05, 0.1) is 6.42 Å². The summed E-state index contributed by atoms with van der Waals surface area (Å²) in [4.78, 5) is 26.5. The molecule has 3 aromatic rings. The molecule has 0 saturated carbocycles. The number of aromatic nitrogens is 1. The van der Waals surface area contributed by atoms with Gasteiger partial charge in [-0.1, -0.05) is 29.8 Å². The van der Waals surface area contributed by atoms with Gasteiger partial charge in [-0.3, -0.25) is 9.59 Å². The van der Waals surface area contributed by atoms with Crippen molar-refractivity contribution in [2.45, 2.75) is 19.9 Å². The maximum atomic E-state index is 12.0. The molecule has 1 amide bonds. The van der Waals surface area contributed by atoms with Crippen LogP contribution < -0.4 is 10.9 Å². The van der Waals surface area contributed by atoms with E-state index < -0.39 is 0 Å². The topological polar surface area (TPSA) is 62.0 Å². The number of amides is 1. The number of benzene rings is 2. The third-order valence-corrected chi connectivity index (χ3v) is 4.11. The van der Waals surface area contributed by atoms with E-state index in [2.05, 4.69) is 10.3 Å². The maximum Gasteiger partial charge on any atom is 0.251 e. The molecular formula is C19H17ClN2O2. The van der Waals surface area contributed by atoms with Crippen molar-refractivity contribution in [2.24, 2.45) is 0 Å². The highest BCUT2D eigenvalue weighted by Gasteiger charge is 2.05. The molecule has 0 bridgehead atoms. The SMILES string of the molecule is Cc1cc2cc(CNC(=O)Cc3ccc(Cl)cc3)ccc2[nH]c1=O. The Morgan fingerprint density at radius 3 is 2.54 bits per heavy atom. The van der Waals surface area contributed by atoms with E-state index in [0.717, 1.165) is 22.0 Å². The number of carbonyl (C=O) groups is 1. The minimum absolute atomic E-state index is 0.0462. The molecular weight excluding hydrogens is 324 g/mol. The van der Waals surface area contributed by atoms with Gasteiger partial charge in [0.2, 0.25) is 5.91 Å². The van der Waals surface area contributed by atoms with Crippen molar-refractivity contribution in [1.82, 2.24) is 10.3 Å². The highest BCUT2D eigenvalue weighted by Crippen LogP contribution is 2.14. The van der Waals surface area contributed by atoms with Crippen LogP contribution >= 0.6 is 11.6 Å². The van der Waals surface area contributed by atoms with Gasteiger partial charge < -0.3 is 10.3 Å². The summed E-state index contributed by atoms with van der Waals surface area (Å²) in [5.41, 5.74) is 3.29. The normalized spacial score (nSPS) is 10.8. The van der Waals surface area contributed by atoms with Crippen LogP contribution in [0.3, 0.4) is 0 Å².